The number of amides is 1. The summed E-state index contributed by atoms with van der Waals surface area (Å²) >= 11 is 1.53. The number of aryl methyl sites for hydroxylation is 4. The second-order valence-electron chi connectivity index (χ2n) is 7.59. The Labute approximate surface area is 161 Å². The summed E-state index contributed by atoms with van der Waals surface area (Å²) in [5.74, 6) is 0.545. The average Bonchev–Trinajstić information content (AvgIpc) is 2.77. The van der Waals surface area contributed by atoms with Crippen LogP contribution in [0.1, 0.15) is 48.8 Å². The molecule has 0 fully saturated rings. The minimum Gasteiger partial charge on any atom is -0.325 e. The van der Waals surface area contributed by atoms with Gasteiger partial charge in [0.05, 0.1) is 10.9 Å². The van der Waals surface area contributed by atoms with Crippen molar-refractivity contribution in [2.75, 3.05) is 5.32 Å². The summed E-state index contributed by atoms with van der Waals surface area (Å²) in [6.45, 7) is 17.5. The molecule has 1 aromatic heterocycles. The fraction of sp³-hybridized carbons (Fsp3) is 0.524. The Balaban J connectivity index is 2.17. The number of carbonyl (C=O) groups is 1. The van der Waals surface area contributed by atoms with Crippen molar-refractivity contribution in [1.29, 1.82) is 0 Å². The molecule has 1 atom stereocenters. The second kappa shape index (κ2) is 8.30. The Kier molecular flexibility index (Phi) is 6.56. The number of hydrogen-bond acceptors (Lipinski definition) is 3. The van der Waals surface area contributed by atoms with Crippen molar-refractivity contribution < 1.29 is 4.79 Å². The smallest absolute Gasteiger partial charge is 0.237 e. The van der Waals surface area contributed by atoms with Crippen molar-refractivity contribution in [2.24, 2.45) is 5.92 Å². The van der Waals surface area contributed by atoms with E-state index in [9.17, 15) is 4.79 Å². The third kappa shape index (κ3) is 4.70. The number of nitrogens with one attached hydrogen (secondary N) is 1. The van der Waals surface area contributed by atoms with Crippen molar-refractivity contribution in [1.82, 2.24) is 9.55 Å². The predicted octanol–water partition coefficient (Wildman–Crippen LogP) is 5.20. The third-order valence-corrected chi connectivity index (χ3v) is 5.64. The van der Waals surface area contributed by atoms with Gasteiger partial charge in [0.1, 0.15) is 0 Å². The average molecular weight is 374 g/mol. The van der Waals surface area contributed by atoms with Crippen LogP contribution in [0.4, 0.5) is 5.69 Å². The molecule has 2 aromatic rings. The van der Waals surface area contributed by atoms with E-state index in [2.05, 4.69) is 54.7 Å². The summed E-state index contributed by atoms with van der Waals surface area (Å²) in [5.41, 5.74) is 6.54. The zero-order chi connectivity index (χ0) is 19.6. The zero-order valence-corrected chi connectivity index (χ0v) is 18.0. The number of nitrogens with zero attached hydrogens (tertiary/aromatic N) is 2. The summed E-state index contributed by atoms with van der Waals surface area (Å²) in [4.78, 5) is 17.4. The minimum absolute atomic E-state index is 0.0134. The van der Waals surface area contributed by atoms with Gasteiger partial charge in [-0.25, -0.2) is 4.98 Å². The molecule has 1 heterocycles. The normalized spacial score (nSPS) is 12.5. The molecule has 1 aromatic carbocycles. The van der Waals surface area contributed by atoms with Gasteiger partial charge in [0, 0.05) is 17.9 Å². The number of imidazole rings is 1. The molecule has 1 unspecified atom stereocenters. The van der Waals surface area contributed by atoms with Crippen LogP contribution in [0.15, 0.2) is 17.3 Å². The minimum atomic E-state index is -0.220. The number of aromatic nitrogens is 2. The van der Waals surface area contributed by atoms with Crippen LogP contribution in [-0.4, -0.2) is 20.7 Å². The van der Waals surface area contributed by atoms with E-state index in [1.54, 1.807) is 0 Å². The van der Waals surface area contributed by atoms with E-state index >= 15 is 0 Å². The standard InChI is InChI=1S/C21H31N3OS/c1-12(2)11-24-17(7)16(6)22-21(24)26-18(8)20(25)23-19-14(4)9-13(3)10-15(19)5/h9-10,12,18H,11H2,1-8H3,(H,23,25). The van der Waals surface area contributed by atoms with E-state index in [1.807, 2.05) is 27.7 Å². The lowest BCUT2D eigenvalue weighted by Crippen LogP contribution is -2.24. The second-order valence-corrected chi connectivity index (χ2v) is 8.90. The molecular weight excluding hydrogens is 342 g/mol. The third-order valence-electron chi connectivity index (χ3n) is 4.55. The Hall–Kier alpha value is -1.75. The van der Waals surface area contributed by atoms with Crippen molar-refractivity contribution in [3.05, 3.63) is 40.2 Å². The number of thioether (sulfide) groups is 1. The van der Waals surface area contributed by atoms with Crippen molar-refractivity contribution in [2.45, 2.75) is 72.3 Å². The molecule has 1 amide bonds. The van der Waals surface area contributed by atoms with Gasteiger partial charge in [-0.05, 0) is 58.6 Å². The van der Waals surface area contributed by atoms with E-state index in [1.165, 1.54) is 23.0 Å². The van der Waals surface area contributed by atoms with Gasteiger partial charge in [-0.3, -0.25) is 4.79 Å². The number of benzene rings is 1. The predicted molar refractivity (Wildman–Crippen MR) is 111 cm³/mol. The van der Waals surface area contributed by atoms with E-state index in [0.717, 1.165) is 34.2 Å². The molecule has 142 valence electrons. The molecule has 0 bridgehead atoms. The largest absolute Gasteiger partial charge is 0.325 e. The number of rotatable bonds is 6. The van der Waals surface area contributed by atoms with Crippen LogP contribution in [0.25, 0.3) is 0 Å². The van der Waals surface area contributed by atoms with E-state index in [0.29, 0.717) is 5.92 Å². The highest BCUT2D eigenvalue weighted by atomic mass is 32.2. The highest BCUT2D eigenvalue weighted by molar-refractivity contribution is 8.00. The molecule has 0 radical (unpaired) electrons. The molecule has 5 heteroatoms. The lowest BCUT2D eigenvalue weighted by atomic mass is 10.1. The SMILES string of the molecule is Cc1cc(C)c(NC(=O)C(C)Sc2nc(C)c(C)n2CC(C)C)c(C)c1. The van der Waals surface area contributed by atoms with E-state index in [-0.39, 0.29) is 11.2 Å². The maximum absolute atomic E-state index is 12.8. The van der Waals surface area contributed by atoms with Crippen LogP contribution in [0.3, 0.4) is 0 Å². The molecule has 0 aliphatic carbocycles. The Morgan fingerprint density at radius 2 is 1.69 bits per heavy atom. The summed E-state index contributed by atoms with van der Waals surface area (Å²) in [5, 5.41) is 3.82. The summed E-state index contributed by atoms with van der Waals surface area (Å²) in [6, 6.07) is 4.20. The fourth-order valence-corrected chi connectivity index (χ4v) is 4.12. The lowest BCUT2D eigenvalue weighted by molar-refractivity contribution is -0.115. The molecule has 0 aliphatic heterocycles. The quantitative estimate of drug-likeness (QED) is 0.708. The molecular formula is C21H31N3OS. The van der Waals surface area contributed by atoms with Gasteiger partial charge in [0.15, 0.2) is 5.16 Å². The van der Waals surface area contributed by atoms with Crippen LogP contribution in [0, 0.1) is 40.5 Å². The van der Waals surface area contributed by atoms with Gasteiger partial charge in [0.2, 0.25) is 5.91 Å². The fourth-order valence-electron chi connectivity index (χ4n) is 3.11. The van der Waals surface area contributed by atoms with Gasteiger partial charge in [-0.2, -0.15) is 0 Å². The molecule has 0 saturated heterocycles. The van der Waals surface area contributed by atoms with Crippen molar-refractivity contribution in [3.63, 3.8) is 0 Å². The van der Waals surface area contributed by atoms with Crippen LogP contribution >= 0.6 is 11.8 Å². The Morgan fingerprint density at radius 3 is 2.23 bits per heavy atom. The molecule has 0 spiro atoms. The van der Waals surface area contributed by atoms with Crippen LogP contribution in [-0.2, 0) is 11.3 Å². The Morgan fingerprint density at radius 1 is 1.12 bits per heavy atom. The molecule has 26 heavy (non-hydrogen) atoms. The molecule has 0 saturated carbocycles. The summed E-state index contributed by atoms with van der Waals surface area (Å²) in [7, 11) is 0. The molecule has 4 nitrogen and oxygen atoms in total. The van der Waals surface area contributed by atoms with E-state index in [4.69, 9.17) is 0 Å². The van der Waals surface area contributed by atoms with Gasteiger partial charge in [0.25, 0.3) is 0 Å². The zero-order valence-electron chi connectivity index (χ0n) is 17.2. The molecule has 1 N–H and O–H groups in total. The van der Waals surface area contributed by atoms with E-state index < -0.39 is 0 Å². The number of carbonyl (C=O) groups excluding carboxylic acids is 1. The maximum atomic E-state index is 12.8. The van der Waals surface area contributed by atoms with Crippen molar-refractivity contribution >= 4 is 23.4 Å². The first-order chi connectivity index (χ1) is 12.1. The maximum Gasteiger partial charge on any atom is 0.237 e. The number of hydrogen-bond donors (Lipinski definition) is 1. The van der Waals surface area contributed by atoms with Gasteiger partial charge >= 0.3 is 0 Å². The lowest BCUT2D eigenvalue weighted by Gasteiger charge is -2.17. The van der Waals surface area contributed by atoms with Crippen LogP contribution in [0.5, 0.6) is 0 Å². The summed E-state index contributed by atoms with van der Waals surface area (Å²) < 4.78 is 2.23. The number of anilines is 1. The van der Waals surface area contributed by atoms with Crippen molar-refractivity contribution in [3.8, 4) is 0 Å². The molecule has 0 aliphatic rings. The monoisotopic (exact) mass is 373 g/mol. The topological polar surface area (TPSA) is 46.9 Å². The first-order valence-corrected chi connectivity index (χ1v) is 10.1. The first-order valence-electron chi connectivity index (χ1n) is 9.19. The van der Waals surface area contributed by atoms with Crippen LogP contribution in [0.2, 0.25) is 0 Å². The van der Waals surface area contributed by atoms with Gasteiger partial charge in [-0.1, -0.05) is 43.3 Å². The summed E-state index contributed by atoms with van der Waals surface area (Å²) in [6.07, 6.45) is 0. The molecule has 2 rings (SSSR count). The first kappa shape index (κ1) is 20.6. The van der Waals surface area contributed by atoms with Crippen LogP contribution < -0.4 is 5.32 Å². The highest BCUT2D eigenvalue weighted by Crippen LogP contribution is 2.28. The highest BCUT2D eigenvalue weighted by Gasteiger charge is 2.21. The van der Waals surface area contributed by atoms with Gasteiger partial charge in [-0.15, -0.1) is 0 Å². The van der Waals surface area contributed by atoms with Gasteiger partial charge < -0.3 is 9.88 Å². The Bertz CT molecular complexity index is 785.